The lowest BCUT2D eigenvalue weighted by Gasteiger charge is -2.33. The lowest BCUT2D eigenvalue weighted by Crippen LogP contribution is -2.47. The summed E-state index contributed by atoms with van der Waals surface area (Å²) >= 11 is 0. The van der Waals surface area contributed by atoms with Gasteiger partial charge in [-0.3, -0.25) is 4.79 Å². The van der Waals surface area contributed by atoms with Crippen molar-refractivity contribution in [3.63, 3.8) is 0 Å². The summed E-state index contributed by atoms with van der Waals surface area (Å²) in [5.74, 6) is 1.09. The van der Waals surface area contributed by atoms with Gasteiger partial charge in [0.25, 0.3) is 16.1 Å². The van der Waals surface area contributed by atoms with Gasteiger partial charge in [0.15, 0.2) is 11.5 Å². The smallest absolute Gasteiger partial charge is 0.281 e. The van der Waals surface area contributed by atoms with Crippen molar-refractivity contribution < 1.29 is 22.7 Å². The number of hydrogen-bond donors (Lipinski definition) is 1. The van der Waals surface area contributed by atoms with Gasteiger partial charge in [0.1, 0.15) is 0 Å². The molecule has 1 N–H and O–H groups in total. The number of ether oxygens (including phenoxy) is 2. The molecule has 2 aliphatic rings. The molecule has 1 unspecified atom stereocenters. The number of hydrogen-bond acceptors (Lipinski definition) is 5. The molecule has 1 atom stereocenters. The summed E-state index contributed by atoms with van der Waals surface area (Å²) in [5.41, 5.74) is 0.498. The molecule has 0 aromatic heterocycles. The fraction of sp³-hybridized carbons (Fsp3) is 0.562. The highest BCUT2D eigenvalue weighted by Crippen LogP contribution is 2.32. The fourth-order valence-corrected chi connectivity index (χ4v) is 4.23. The molecule has 1 saturated heterocycles. The third-order valence-corrected chi connectivity index (χ3v) is 6.36. The quantitative estimate of drug-likeness (QED) is 0.824. The van der Waals surface area contributed by atoms with Crippen molar-refractivity contribution in [2.75, 3.05) is 40.5 Å². The summed E-state index contributed by atoms with van der Waals surface area (Å²) in [5, 5.41) is 2.89. The van der Waals surface area contributed by atoms with Crippen molar-refractivity contribution in [1.29, 1.82) is 0 Å². The molecule has 138 valence electrons. The van der Waals surface area contributed by atoms with Gasteiger partial charge in [-0.1, -0.05) is 0 Å². The van der Waals surface area contributed by atoms with Crippen LogP contribution in [0.15, 0.2) is 18.2 Å². The number of amides is 1. The molecule has 25 heavy (non-hydrogen) atoms. The zero-order chi connectivity index (χ0) is 18.0. The van der Waals surface area contributed by atoms with Crippen molar-refractivity contribution in [3.8, 4) is 11.5 Å². The highest BCUT2D eigenvalue weighted by molar-refractivity contribution is 7.86. The first-order valence-electron chi connectivity index (χ1n) is 8.23. The topological polar surface area (TPSA) is 88.2 Å². The van der Waals surface area contributed by atoms with Gasteiger partial charge >= 0.3 is 0 Å². The van der Waals surface area contributed by atoms with Gasteiger partial charge in [-0.2, -0.15) is 17.0 Å². The van der Waals surface area contributed by atoms with E-state index in [2.05, 4.69) is 5.32 Å². The van der Waals surface area contributed by atoms with E-state index >= 15 is 0 Å². The summed E-state index contributed by atoms with van der Waals surface area (Å²) in [6.07, 6.45) is 1.68. The summed E-state index contributed by atoms with van der Waals surface area (Å²) in [6.45, 7) is 1.54. The second kappa shape index (κ2) is 7.19. The number of rotatable bonds is 5. The molecule has 1 fully saturated rings. The molecule has 0 spiro atoms. The van der Waals surface area contributed by atoms with Crippen molar-refractivity contribution >= 4 is 16.1 Å². The Labute approximate surface area is 147 Å². The predicted molar refractivity (Wildman–Crippen MR) is 91.8 cm³/mol. The SMILES string of the molecule is CN(C)S(=O)(=O)N1CCCC(CNC(=O)c2ccc3c(c2)OCO3)C1. The van der Waals surface area contributed by atoms with Crippen molar-refractivity contribution in [2.45, 2.75) is 12.8 Å². The van der Waals surface area contributed by atoms with Crippen LogP contribution in [0.25, 0.3) is 0 Å². The Morgan fingerprint density at radius 1 is 1.32 bits per heavy atom. The third kappa shape index (κ3) is 3.88. The molecule has 9 heteroatoms. The zero-order valence-electron chi connectivity index (χ0n) is 14.4. The van der Waals surface area contributed by atoms with Crippen LogP contribution in [0.5, 0.6) is 11.5 Å². The van der Waals surface area contributed by atoms with E-state index in [1.807, 2.05) is 0 Å². The van der Waals surface area contributed by atoms with Gasteiger partial charge in [-0.25, -0.2) is 0 Å². The van der Waals surface area contributed by atoms with Crippen LogP contribution in [0.3, 0.4) is 0 Å². The molecular weight excluding hydrogens is 346 g/mol. The van der Waals surface area contributed by atoms with Crippen LogP contribution in [-0.4, -0.2) is 63.5 Å². The second-order valence-corrected chi connectivity index (χ2v) is 8.58. The Morgan fingerprint density at radius 2 is 2.08 bits per heavy atom. The standard InChI is InChI=1S/C16H23N3O5S/c1-18(2)25(21,22)19-7-3-4-12(10-19)9-17-16(20)13-5-6-14-15(8-13)24-11-23-14/h5-6,8,12H,3-4,7,9-11H2,1-2H3,(H,17,20). The number of piperidine rings is 1. The maximum Gasteiger partial charge on any atom is 0.281 e. The summed E-state index contributed by atoms with van der Waals surface area (Å²) in [6, 6.07) is 5.05. The monoisotopic (exact) mass is 369 g/mol. The Hall–Kier alpha value is -1.84. The maximum atomic E-state index is 12.3. The van der Waals surface area contributed by atoms with Crippen LogP contribution >= 0.6 is 0 Å². The molecule has 8 nitrogen and oxygen atoms in total. The fourth-order valence-electron chi connectivity index (χ4n) is 3.01. The van der Waals surface area contributed by atoms with Gasteiger partial charge in [-0.05, 0) is 37.0 Å². The largest absolute Gasteiger partial charge is 0.454 e. The number of carbonyl (C=O) groups is 1. The lowest BCUT2D eigenvalue weighted by atomic mass is 9.99. The molecule has 1 aromatic rings. The van der Waals surface area contributed by atoms with Crippen molar-refractivity contribution in [1.82, 2.24) is 13.9 Å². The predicted octanol–water partition coefficient (Wildman–Crippen LogP) is 0.663. The molecular formula is C16H23N3O5S. The van der Waals surface area contributed by atoms with Gasteiger partial charge in [0.05, 0.1) is 0 Å². The molecule has 2 aliphatic heterocycles. The highest BCUT2D eigenvalue weighted by Gasteiger charge is 2.30. The van der Waals surface area contributed by atoms with E-state index in [0.717, 1.165) is 12.8 Å². The number of fused-ring (bicyclic) bond motifs is 1. The molecule has 2 heterocycles. The normalized spacial score (nSPS) is 20.7. The van der Waals surface area contributed by atoms with Crippen molar-refractivity contribution in [2.24, 2.45) is 5.92 Å². The van der Waals surface area contributed by atoms with Crippen LogP contribution in [0.4, 0.5) is 0 Å². The Kier molecular flexibility index (Phi) is 5.16. The highest BCUT2D eigenvalue weighted by atomic mass is 32.2. The number of carbonyl (C=O) groups excluding carboxylic acids is 1. The molecule has 0 saturated carbocycles. The second-order valence-electron chi connectivity index (χ2n) is 6.43. The van der Waals surface area contributed by atoms with E-state index in [1.165, 1.54) is 22.7 Å². The molecule has 0 aliphatic carbocycles. The van der Waals surface area contributed by atoms with Crippen LogP contribution in [0.1, 0.15) is 23.2 Å². The van der Waals surface area contributed by atoms with Crippen LogP contribution in [0, 0.1) is 5.92 Å². The molecule has 0 radical (unpaired) electrons. The maximum absolute atomic E-state index is 12.3. The average Bonchev–Trinajstić information content (AvgIpc) is 3.07. The van der Waals surface area contributed by atoms with Crippen LogP contribution < -0.4 is 14.8 Å². The van der Waals surface area contributed by atoms with E-state index < -0.39 is 10.2 Å². The number of benzene rings is 1. The minimum absolute atomic E-state index is 0.0986. The average molecular weight is 369 g/mol. The molecule has 1 amide bonds. The summed E-state index contributed by atoms with van der Waals surface area (Å²) in [7, 11) is -0.351. The summed E-state index contributed by atoms with van der Waals surface area (Å²) < 4.78 is 37.7. The first-order valence-corrected chi connectivity index (χ1v) is 9.63. The van der Waals surface area contributed by atoms with Crippen LogP contribution in [0.2, 0.25) is 0 Å². The van der Waals surface area contributed by atoms with E-state index in [4.69, 9.17) is 9.47 Å². The van der Waals surface area contributed by atoms with E-state index in [0.29, 0.717) is 36.7 Å². The minimum atomic E-state index is -3.41. The van der Waals surface area contributed by atoms with Gasteiger partial charge in [0.2, 0.25) is 6.79 Å². The Balaban J connectivity index is 1.57. The molecule has 1 aromatic carbocycles. The van der Waals surface area contributed by atoms with Crippen molar-refractivity contribution in [3.05, 3.63) is 23.8 Å². The Morgan fingerprint density at radius 3 is 2.84 bits per heavy atom. The minimum Gasteiger partial charge on any atom is -0.454 e. The number of nitrogens with zero attached hydrogens (tertiary/aromatic N) is 2. The zero-order valence-corrected chi connectivity index (χ0v) is 15.2. The van der Waals surface area contributed by atoms with Gasteiger partial charge in [0, 0.05) is 39.3 Å². The lowest BCUT2D eigenvalue weighted by molar-refractivity contribution is 0.0941. The van der Waals surface area contributed by atoms with E-state index in [1.54, 1.807) is 18.2 Å². The van der Waals surface area contributed by atoms with E-state index in [-0.39, 0.29) is 18.6 Å². The molecule has 0 bridgehead atoms. The Bertz CT molecular complexity index is 750. The van der Waals surface area contributed by atoms with Gasteiger partial charge in [-0.15, -0.1) is 0 Å². The van der Waals surface area contributed by atoms with Gasteiger partial charge < -0.3 is 14.8 Å². The number of nitrogens with one attached hydrogen (secondary N) is 1. The van der Waals surface area contributed by atoms with Crippen LogP contribution in [-0.2, 0) is 10.2 Å². The first kappa shape index (κ1) is 18.0. The van der Waals surface area contributed by atoms with E-state index in [9.17, 15) is 13.2 Å². The third-order valence-electron chi connectivity index (χ3n) is 4.46. The molecule has 3 rings (SSSR count). The first-order chi connectivity index (χ1) is 11.9. The summed E-state index contributed by atoms with van der Waals surface area (Å²) in [4.78, 5) is 12.3.